The van der Waals surface area contributed by atoms with Crippen molar-refractivity contribution >= 4 is 40.2 Å². The third-order valence-corrected chi connectivity index (χ3v) is 9.12. The highest BCUT2D eigenvalue weighted by atomic mass is 127. The van der Waals surface area contributed by atoms with Gasteiger partial charge in [-0.1, -0.05) is 72.8 Å². The predicted molar refractivity (Wildman–Crippen MR) is 191 cm³/mol. The van der Waals surface area contributed by atoms with Gasteiger partial charge in [0.2, 0.25) is 5.91 Å². The molecule has 1 unspecified atom stereocenters. The van der Waals surface area contributed by atoms with E-state index in [1.54, 1.807) is 12.1 Å². The second-order valence-corrected chi connectivity index (χ2v) is 13.0. The number of halogens is 2. The molecule has 1 aliphatic rings. The van der Waals surface area contributed by atoms with Gasteiger partial charge in [0.15, 0.2) is 0 Å². The molecule has 5 aromatic carbocycles. The maximum atomic E-state index is 14.0. The van der Waals surface area contributed by atoms with Crippen LogP contribution in [0.5, 0.6) is 11.5 Å². The Kier molecular flexibility index (Phi) is 10.7. The van der Waals surface area contributed by atoms with E-state index in [0.29, 0.717) is 43.1 Å². The zero-order valence-corrected chi connectivity index (χ0v) is 28.6. The fourth-order valence-electron chi connectivity index (χ4n) is 6.03. The number of rotatable bonds is 13. The molecule has 244 valence electrons. The standard InChI is InChI=1S/C40H35FINO5/c1-27(44)48-37(30-12-14-31(41)15-13-30)23-22-36-39(43(40(36)45)33-18-16-32(42)17-19-33)35-21-20-34(46-25-28-8-4-2-5-9-28)24-38(35)47-26-29-10-6-3-7-11-29/h2-21,24,36-37,39H,22-23,25-26H2,1H3/t36?,37-,39+/m0/s1. The molecule has 8 heteroatoms. The summed E-state index contributed by atoms with van der Waals surface area (Å²) in [7, 11) is 0. The molecular weight excluding hydrogens is 720 g/mol. The number of hydrogen-bond donors (Lipinski definition) is 0. The first-order chi connectivity index (χ1) is 23.4. The van der Waals surface area contributed by atoms with E-state index in [9.17, 15) is 14.0 Å². The van der Waals surface area contributed by atoms with Crippen LogP contribution in [0.25, 0.3) is 0 Å². The average molecular weight is 756 g/mol. The van der Waals surface area contributed by atoms with Crippen molar-refractivity contribution in [3.05, 3.63) is 159 Å². The van der Waals surface area contributed by atoms with Crippen molar-refractivity contribution in [1.29, 1.82) is 0 Å². The molecule has 1 aliphatic heterocycles. The Morgan fingerprint density at radius 3 is 2.06 bits per heavy atom. The second kappa shape index (κ2) is 15.5. The summed E-state index contributed by atoms with van der Waals surface area (Å²) in [6.45, 7) is 2.09. The monoisotopic (exact) mass is 755 g/mol. The van der Waals surface area contributed by atoms with Crippen LogP contribution >= 0.6 is 22.6 Å². The third kappa shape index (κ3) is 8.05. The summed E-state index contributed by atoms with van der Waals surface area (Å²) in [5.41, 5.74) is 4.38. The van der Waals surface area contributed by atoms with Crippen molar-refractivity contribution in [3.63, 3.8) is 0 Å². The Balaban J connectivity index is 1.33. The maximum absolute atomic E-state index is 14.0. The predicted octanol–water partition coefficient (Wildman–Crippen LogP) is 9.38. The van der Waals surface area contributed by atoms with Gasteiger partial charge < -0.3 is 19.1 Å². The zero-order chi connectivity index (χ0) is 33.5. The average Bonchev–Trinajstić information content (AvgIpc) is 3.10. The van der Waals surface area contributed by atoms with Gasteiger partial charge in [-0.2, -0.15) is 0 Å². The van der Waals surface area contributed by atoms with Crippen molar-refractivity contribution in [2.75, 3.05) is 4.90 Å². The molecule has 0 spiro atoms. The Bertz CT molecular complexity index is 1830. The Morgan fingerprint density at radius 2 is 1.44 bits per heavy atom. The molecule has 0 saturated carbocycles. The van der Waals surface area contributed by atoms with Crippen LogP contribution in [0.15, 0.2) is 127 Å². The first-order valence-corrected chi connectivity index (χ1v) is 16.9. The number of anilines is 1. The van der Waals surface area contributed by atoms with Crippen molar-refractivity contribution in [2.45, 2.75) is 45.1 Å². The second-order valence-electron chi connectivity index (χ2n) is 11.7. The van der Waals surface area contributed by atoms with Crippen LogP contribution in [0, 0.1) is 15.3 Å². The molecule has 1 saturated heterocycles. The van der Waals surface area contributed by atoms with Gasteiger partial charge in [-0.25, -0.2) is 4.39 Å². The summed E-state index contributed by atoms with van der Waals surface area (Å²) in [6, 6.07) is 39.1. The van der Waals surface area contributed by atoms with Gasteiger partial charge in [-0.15, -0.1) is 0 Å². The molecule has 1 fully saturated rings. The van der Waals surface area contributed by atoms with E-state index in [4.69, 9.17) is 14.2 Å². The lowest BCUT2D eigenvalue weighted by atomic mass is 9.78. The highest BCUT2D eigenvalue weighted by Gasteiger charge is 2.49. The number of nitrogens with zero attached hydrogens (tertiary/aromatic N) is 1. The van der Waals surface area contributed by atoms with Crippen molar-refractivity contribution in [3.8, 4) is 11.5 Å². The number of carbonyl (C=O) groups is 2. The molecule has 1 amide bonds. The minimum absolute atomic E-state index is 0.0275. The van der Waals surface area contributed by atoms with Crippen molar-refractivity contribution in [1.82, 2.24) is 0 Å². The number of ether oxygens (including phenoxy) is 3. The molecule has 0 aromatic heterocycles. The molecular formula is C40H35FINO5. The third-order valence-electron chi connectivity index (χ3n) is 8.40. The van der Waals surface area contributed by atoms with Crippen LogP contribution in [0.1, 0.15) is 54.2 Å². The van der Waals surface area contributed by atoms with Gasteiger partial charge >= 0.3 is 5.97 Å². The highest BCUT2D eigenvalue weighted by Crippen LogP contribution is 2.49. The molecule has 5 aromatic rings. The maximum Gasteiger partial charge on any atom is 0.303 e. The van der Waals surface area contributed by atoms with Gasteiger partial charge in [0, 0.05) is 27.8 Å². The quantitative estimate of drug-likeness (QED) is 0.0681. The Morgan fingerprint density at radius 1 is 0.812 bits per heavy atom. The van der Waals surface area contributed by atoms with Gasteiger partial charge in [0.1, 0.15) is 36.6 Å². The van der Waals surface area contributed by atoms with E-state index in [1.807, 2.05) is 108 Å². The van der Waals surface area contributed by atoms with Gasteiger partial charge in [-0.3, -0.25) is 9.59 Å². The molecule has 3 atom stereocenters. The van der Waals surface area contributed by atoms with E-state index in [1.165, 1.54) is 19.1 Å². The molecule has 0 bridgehead atoms. The normalized spacial score (nSPS) is 16.1. The molecule has 6 rings (SSSR count). The smallest absolute Gasteiger partial charge is 0.303 e. The SMILES string of the molecule is CC(=O)O[C@@H](CCC1C(=O)N(c2ccc(I)cc2)[C@@H]1c1ccc(OCc2ccccc2)cc1OCc1ccccc1)c1ccc(F)cc1. The number of hydrogen-bond acceptors (Lipinski definition) is 5. The van der Waals surface area contributed by atoms with Crippen molar-refractivity contribution < 1.29 is 28.2 Å². The number of carbonyl (C=O) groups excluding carboxylic acids is 2. The molecule has 0 aliphatic carbocycles. The zero-order valence-electron chi connectivity index (χ0n) is 26.4. The summed E-state index contributed by atoms with van der Waals surface area (Å²) in [4.78, 5) is 27.8. The van der Waals surface area contributed by atoms with Crippen molar-refractivity contribution in [2.24, 2.45) is 5.92 Å². The number of benzene rings is 5. The topological polar surface area (TPSA) is 65.1 Å². The van der Waals surface area contributed by atoms with E-state index in [-0.39, 0.29) is 17.8 Å². The summed E-state index contributed by atoms with van der Waals surface area (Å²) in [5, 5.41) is 0. The molecule has 1 heterocycles. The lowest BCUT2D eigenvalue weighted by Crippen LogP contribution is -2.55. The molecule has 0 radical (unpaired) electrons. The van der Waals surface area contributed by atoms with Gasteiger partial charge in [-0.05, 0) is 101 Å². The molecule has 48 heavy (non-hydrogen) atoms. The summed E-state index contributed by atoms with van der Waals surface area (Å²) in [5.74, 6) is 0.0154. The number of esters is 1. The van der Waals surface area contributed by atoms with Gasteiger partial charge in [0.05, 0.1) is 12.0 Å². The Hall–Kier alpha value is -4.70. The van der Waals surface area contributed by atoms with Gasteiger partial charge in [0.25, 0.3) is 0 Å². The van der Waals surface area contributed by atoms with Crippen LogP contribution in [-0.4, -0.2) is 11.9 Å². The largest absolute Gasteiger partial charge is 0.489 e. The summed E-state index contributed by atoms with van der Waals surface area (Å²) in [6.07, 6.45) is 0.202. The first-order valence-electron chi connectivity index (χ1n) is 15.8. The Labute approximate surface area is 293 Å². The van der Waals surface area contributed by atoms with E-state index in [0.717, 1.165) is 25.9 Å². The van der Waals surface area contributed by atoms with Crippen LogP contribution < -0.4 is 14.4 Å². The minimum atomic E-state index is -0.619. The van der Waals surface area contributed by atoms with E-state index < -0.39 is 18.0 Å². The minimum Gasteiger partial charge on any atom is -0.489 e. The summed E-state index contributed by atoms with van der Waals surface area (Å²) < 4.78 is 33.1. The fraction of sp³-hybridized carbons (Fsp3) is 0.200. The van der Waals surface area contributed by atoms with E-state index in [2.05, 4.69) is 22.6 Å². The van der Waals surface area contributed by atoms with Crippen LogP contribution in [0.2, 0.25) is 0 Å². The number of amides is 1. The lowest BCUT2D eigenvalue weighted by Gasteiger charge is -2.48. The van der Waals surface area contributed by atoms with Crippen LogP contribution in [-0.2, 0) is 27.5 Å². The van der Waals surface area contributed by atoms with E-state index >= 15 is 0 Å². The van der Waals surface area contributed by atoms with Crippen LogP contribution in [0.4, 0.5) is 10.1 Å². The highest BCUT2D eigenvalue weighted by molar-refractivity contribution is 14.1. The molecule has 6 nitrogen and oxygen atoms in total. The fourth-order valence-corrected chi connectivity index (χ4v) is 6.39. The van der Waals surface area contributed by atoms with Crippen LogP contribution in [0.3, 0.4) is 0 Å². The lowest BCUT2D eigenvalue weighted by molar-refractivity contribution is -0.147. The summed E-state index contributed by atoms with van der Waals surface area (Å²) >= 11 is 2.25. The first kappa shape index (κ1) is 33.2. The number of β-lactam (4-membered cyclic amide) rings is 1. The molecule has 0 N–H and O–H groups in total.